The first-order chi connectivity index (χ1) is 16.4. The van der Waals surface area contributed by atoms with E-state index < -0.39 is 0 Å². The predicted molar refractivity (Wildman–Crippen MR) is 136 cm³/mol. The minimum Gasteiger partial charge on any atom is -0.490 e. The third kappa shape index (κ3) is 5.95. The molecule has 174 valence electrons. The Labute approximate surface area is 212 Å². The first kappa shape index (κ1) is 24.2. The van der Waals surface area contributed by atoms with Gasteiger partial charge in [0.25, 0.3) is 11.1 Å². The molecule has 1 heterocycles. The smallest absolute Gasteiger partial charge is 0.293 e. The standard InChI is InChI=1S/C26H21Cl2NO4S/c1-2-32-23-13-18(8-11-22(23)33-16-17-6-9-20(27)10-7-17)14-24-25(30)29(26(31)34-24)15-19-4-3-5-21(28)12-19/h3-14H,2,15-16H2,1H3/b24-14-. The molecule has 8 heteroatoms. The molecule has 1 aliphatic rings. The molecule has 4 rings (SSSR count). The highest BCUT2D eigenvalue weighted by atomic mass is 35.5. The normalized spacial score (nSPS) is 14.7. The Hall–Kier alpha value is -2.93. The molecule has 0 unspecified atom stereocenters. The number of carbonyl (C=O) groups is 2. The summed E-state index contributed by atoms with van der Waals surface area (Å²) in [6.45, 7) is 2.87. The topological polar surface area (TPSA) is 55.8 Å². The van der Waals surface area contributed by atoms with E-state index in [0.717, 1.165) is 28.5 Å². The Morgan fingerprint density at radius 2 is 1.68 bits per heavy atom. The van der Waals surface area contributed by atoms with E-state index in [1.165, 1.54) is 4.90 Å². The van der Waals surface area contributed by atoms with Gasteiger partial charge in [0, 0.05) is 10.0 Å². The van der Waals surface area contributed by atoms with Gasteiger partial charge in [0.05, 0.1) is 18.1 Å². The number of imide groups is 1. The zero-order valence-corrected chi connectivity index (χ0v) is 20.6. The Kier molecular flexibility index (Phi) is 7.83. The van der Waals surface area contributed by atoms with Crippen LogP contribution in [0.1, 0.15) is 23.6 Å². The Morgan fingerprint density at radius 3 is 2.41 bits per heavy atom. The minimum absolute atomic E-state index is 0.171. The van der Waals surface area contributed by atoms with Crippen LogP contribution in [-0.4, -0.2) is 22.7 Å². The first-order valence-corrected chi connectivity index (χ1v) is 12.1. The zero-order valence-electron chi connectivity index (χ0n) is 18.3. The Morgan fingerprint density at radius 1 is 0.882 bits per heavy atom. The van der Waals surface area contributed by atoms with E-state index >= 15 is 0 Å². The van der Waals surface area contributed by atoms with Crippen molar-refractivity contribution in [3.8, 4) is 11.5 Å². The van der Waals surface area contributed by atoms with Crippen molar-refractivity contribution in [1.29, 1.82) is 0 Å². The number of rotatable bonds is 8. The number of halogens is 2. The van der Waals surface area contributed by atoms with Gasteiger partial charge in [0.2, 0.25) is 0 Å². The summed E-state index contributed by atoms with van der Waals surface area (Å²) in [5, 5.41) is 0.908. The summed E-state index contributed by atoms with van der Waals surface area (Å²) >= 11 is 12.9. The number of ether oxygens (including phenoxy) is 2. The Balaban J connectivity index is 1.50. The van der Waals surface area contributed by atoms with Crippen molar-refractivity contribution < 1.29 is 19.1 Å². The fourth-order valence-electron chi connectivity index (χ4n) is 3.35. The van der Waals surface area contributed by atoms with Crippen molar-refractivity contribution in [2.45, 2.75) is 20.1 Å². The van der Waals surface area contributed by atoms with Crippen LogP contribution in [0.4, 0.5) is 4.79 Å². The molecule has 0 saturated carbocycles. The highest BCUT2D eigenvalue weighted by Crippen LogP contribution is 2.35. The second kappa shape index (κ2) is 11.0. The molecule has 3 aromatic carbocycles. The molecule has 1 aliphatic heterocycles. The largest absolute Gasteiger partial charge is 0.490 e. The summed E-state index contributed by atoms with van der Waals surface area (Å²) in [6.07, 6.45) is 1.69. The van der Waals surface area contributed by atoms with Crippen molar-refractivity contribution in [3.63, 3.8) is 0 Å². The van der Waals surface area contributed by atoms with Crippen LogP contribution in [0.15, 0.2) is 71.6 Å². The molecular weight excluding hydrogens is 493 g/mol. The van der Waals surface area contributed by atoms with Crippen molar-refractivity contribution >= 4 is 52.2 Å². The highest BCUT2D eigenvalue weighted by molar-refractivity contribution is 8.18. The van der Waals surface area contributed by atoms with Crippen LogP contribution in [0, 0.1) is 0 Å². The number of hydrogen-bond donors (Lipinski definition) is 0. The van der Waals surface area contributed by atoms with Crippen molar-refractivity contribution in [1.82, 2.24) is 4.90 Å². The van der Waals surface area contributed by atoms with Gasteiger partial charge in [0.15, 0.2) is 11.5 Å². The second-order valence-electron chi connectivity index (χ2n) is 7.45. The summed E-state index contributed by atoms with van der Waals surface area (Å²) in [4.78, 5) is 26.9. The minimum atomic E-state index is -0.337. The molecule has 1 saturated heterocycles. The van der Waals surface area contributed by atoms with Crippen LogP contribution in [-0.2, 0) is 17.9 Å². The number of hydrogen-bond acceptors (Lipinski definition) is 5. The monoisotopic (exact) mass is 513 g/mol. The Bertz CT molecular complexity index is 1240. The molecule has 0 N–H and O–H groups in total. The zero-order chi connectivity index (χ0) is 24.1. The maximum Gasteiger partial charge on any atom is 0.293 e. The molecule has 1 fully saturated rings. The summed E-state index contributed by atoms with van der Waals surface area (Å²) in [7, 11) is 0. The molecule has 0 bridgehead atoms. The van der Waals surface area contributed by atoms with Crippen LogP contribution < -0.4 is 9.47 Å². The van der Waals surface area contributed by atoms with Gasteiger partial charge in [-0.25, -0.2) is 0 Å². The third-order valence-electron chi connectivity index (χ3n) is 4.98. The van der Waals surface area contributed by atoms with E-state index in [9.17, 15) is 9.59 Å². The maximum atomic E-state index is 12.9. The van der Waals surface area contributed by atoms with Gasteiger partial charge in [0.1, 0.15) is 6.61 Å². The fraction of sp³-hybridized carbons (Fsp3) is 0.154. The van der Waals surface area contributed by atoms with Crippen LogP contribution in [0.25, 0.3) is 6.08 Å². The first-order valence-electron chi connectivity index (χ1n) is 10.6. The van der Waals surface area contributed by atoms with Crippen molar-refractivity contribution in [3.05, 3.63) is 98.4 Å². The lowest BCUT2D eigenvalue weighted by molar-refractivity contribution is -0.123. The van der Waals surface area contributed by atoms with Gasteiger partial charge in [-0.1, -0.05) is 53.5 Å². The van der Waals surface area contributed by atoms with Crippen LogP contribution in [0.5, 0.6) is 11.5 Å². The second-order valence-corrected chi connectivity index (χ2v) is 9.32. The van der Waals surface area contributed by atoms with Crippen molar-refractivity contribution in [2.75, 3.05) is 6.61 Å². The summed E-state index contributed by atoms with van der Waals surface area (Å²) < 4.78 is 11.7. The van der Waals surface area contributed by atoms with Gasteiger partial charge >= 0.3 is 0 Å². The average molecular weight is 514 g/mol. The van der Waals surface area contributed by atoms with Crippen LogP contribution in [0.3, 0.4) is 0 Å². The quantitative estimate of drug-likeness (QED) is 0.298. The highest BCUT2D eigenvalue weighted by Gasteiger charge is 2.35. The van der Waals surface area contributed by atoms with E-state index in [1.54, 1.807) is 36.4 Å². The molecule has 0 aromatic heterocycles. The van der Waals surface area contributed by atoms with Gasteiger partial charge in [-0.15, -0.1) is 0 Å². The van der Waals surface area contributed by atoms with Crippen molar-refractivity contribution in [2.24, 2.45) is 0 Å². The van der Waals surface area contributed by atoms with E-state index in [1.807, 2.05) is 43.3 Å². The molecule has 3 aromatic rings. The van der Waals surface area contributed by atoms with Gasteiger partial charge in [-0.3, -0.25) is 14.5 Å². The lowest BCUT2D eigenvalue weighted by atomic mass is 10.1. The van der Waals surface area contributed by atoms with Gasteiger partial charge < -0.3 is 9.47 Å². The van der Waals surface area contributed by atoms with Crippen LogP contribution >= 0.6 is 35.0 Å². The molecule has 5 nitrogen and oxygen atoms in total. The fourth-order valence-corrected chi connectivity index (χ4v) is 4.53. The molecule has 0 atom stereocenters. The number of carbonyl (C=O) groups excluding carboxylic acids is 2. The summed E-state index contributed by atoms with van der Waals surface area (Å²) in [5.41, 5.74) is 2.50. The molecule has 0 radical (unpaired) electrons. The predicted octanol–water partition coefficient (Wildman–Crippen LogP) is 7.21. The van der Waals surface area contributed by atoms with Gasteiger partial charge in [-0.2, -0.15) is 0 Å². The number of amides is 2. The van der Waals surface area contributed by atoms with E-state index in [2.05, 4.69) is 0 Å². The van der Waals surface area contributed by atoms with E-state index in [0.29, 0.717) is 39.7 Å². The van der Waals surface area contributed by atoms with Crippen LogP contribution in [0.2, 0.25) is 10.0 Å². The number of thioether (sulfide) groups is 1. The molecule has 34 heavy (non-hydrogen) atoms. The maximum absolute atomic E-state index is 12.9. The summed E-state index contributed by atoms with van der Waals surface area (Å²) in [6, 6.07) is 19.9. The van der Waals surface area contributed by atoms with E-state index in [4.69, 9.17) is 32.7 Å². The number of benzene rings is 3. The molecular formula is C26H21Cl2NO4S. The van der Waals surface area contributed by atoms with Gasteiger partial charge in [-0.05, 0) is 77.9 Å². The lowest BCUT2D eigenvalue weighted by Crippen LogP contribution is -2.27. The average Bonchev–Trinajstić information content (AvgIpc) is 3.07. The molecule has 0 aliphatic carbocycles. The van der Waals surface area contributed by atoms with E-state index in [-0.39, 0.29) is 17.7 Å². The summed E-state index contributed by atoms with van der Waals surface area (Å²) in [5.74, 6) is 0.808. The molecule has 2 amide bonds. The lowest BCUT2D eigenvalue weighted by Gasteiger charge is -2.13. The third-order valence-corrected chi connectivity index (χ3v) is 6.37. The number of nitrogens with zero attached hydrogens (tertiary/aromatic N) is 1. The SMILES string of the molecule is CCOc1cc(/C=C2\SC(=O)N(Cc3cccc(Cl)c3)C2=O)ccc1OCc1ccc(Cl)cc1. The molecule has 0 spiro atoms.